The van der Waals surface area contributed by atoms with Crippen LogP contribution in [0.1, 0.15) is 19.0 Å². The van der Waals surface area contributed by atoms with Crippen molar-refractivity contribution in [3.8, 4) is 10.6 Å². The molecule has 1 aromatic carbocycles. The highest BCUT2D eigenvalue weighted by Gasteiger charge is 2.31. The van der Waals surface area contributed by atoms with E-state index in [4.69, 9.17) is 0 Å². The number of halogens is 3. The minimum atomic E-state index is -4.43. The number of carbonyl (C=O) groups is 1. The second-order valence-corrected chi connectivity index (χ2v) is 8.54. The van der Waals surface area contributed by atoms with Crippen molar-refractivity contribution in [1.82, 2.24) is 15.0 Å². The van der Waals surface area contributed by atoms with Crippen molar-refractivity contribution in [3.63, 3.8) is 0 Å². The maximum Gasteiger partial charge on any atom is 0.405 e. The molecule has 0 saturated carbocycles. The summed E-state index contributed by atoms with van der Waals surface area (Å²) in [6.45, 7) is 1.80. The van der Waals surface area contributed by atoms with Crippen molar-refractivity contribution in [2.24, 2.45) is 0 Å². The van der Waals surface area contributed by atoms with Crippen LogP contribution in [0.4, 0.5) is 24.9 Å². The van der Waals surface area contributed by atoms with E-state index in [1.54, 1.807) is 6.92 Å². The number of aryl methyl sites for hydroxylation is 1. The van der Waals surface area contributed by atoms with Gasteiger partial charge in [-0.1, -0.05) is 12.1 Å². The van der Waals surface area contributed by atoms with Gasteiger partial charge in [0.25, 0.3) is 0 Å². The van der Waals surface area contributed by atoms with E-state index in [9.17, 15) is 23.1 Å². The van der Waals surface area contributed by atoms with Crippen molar-refractivity contribution in [3.05, 3.63) is 41.6 Å². The third-order valence-electron chi connectivity index (χ3n) is 5.04. The van der Waals surface area contributed by atoms with Crippen LogP contribution in [0.5, 0.6) is 0 Å². The van der Waals surface area contributed by atoms with Gasteiger partial charge in [0.15, 0.2) is 5.78 Å². The number of carbonyl (C=O) groups excluding carboxylic acids is 1. The number of para-hydroxylation sites is 1. The number of benzene rings is 1. The van der Waals surface area contributed by atoms with Crippen LogP contribution >= 0.6 is 11.3 Å². The molecule has 4 rings (SSSR count). The van der Waals surface area contributed by atoms with E-state index in [-0.39, 0.29) is 24.0 Å². The fourth-order valence-corrected chi connectivity index (χ4v) is 4.56. The monoisotopic (exact) mass is 463 g/mol. The van der Waals surface area contributed by atoms with E-state index < -0.39 is 24.9 Å². The molecule has 2 heterocycles. The Hall–Kier alpha value is -3.05. The molecular weight excluding hydrogens is 443 g/mol. The Labute approximate surface area is 185 Å². The maximum atomic E-state index is 12.7. The molecule has 0 bridgehead atoms. The molecule has 0 fully saturated rings. The standard InChI is InChI=1S/C21H20F3N5O2S/c1-10-17(19-28-13-5-3-4-6-16(13)32-19)18(29-20(26-10)25-9-21(22,23)24)27-14-7-12(11(2)30)8-15(14)31/h3-6,8,14-15,31H,7,9H2,1-2H3,(H2,25,26,27,29)/t14-,15-/m1/s1. The number of aliphatic hydroxyl groups excluding tert-OH is 1. The quantitative estimate of drug-likeness (QED) is 0.506. The summed E-state index contributed by atoms with van der Waals surface area (Å²) in [6, 6.07) is 6.97. The Morgan fingerprint density at radius 1 is 1.25 bits per heavy atom. The van der Waals surface area contributed by atoms with E-state index in [1.807, 2.05) is 24.3 Å². The van der Waals surface area contributed by atoms with Crippen LogP contribution in [0, 0.1) is 6.92 Å². The Morgan fingerprint density at radius 2 is 2.00 bits per heavy atom. The zero-order chi connectivity index (χ0) is 23.0. The Morgan fingerprint density at radius 3 is 2.66 bits per heavy atom. The lowest BCUT2D eigenvalue weighted by Gasteiger charge is -2.21. The number of aliphatic hydroxyl groups is 1. The molecule has 2 atom stereocenters. The van der Waals surface area contributed by atoms with E-state index in [2.05, 4.69) is 25.6 Å². The van der Waals surface area contributed by atoms with Gasteiger partial charge in [-0.05, 0) is 44.1 Å². The summed E-state index contributed by atoms with van der Waals surface area (Å²) >= 11 is 1.41. The number of hydrogen-bond donors (Lipinski definition) is 3. The molecule has 0 radical (unpaired) electrons. The first kappa shape index (κ1) is 22.2. The number of alkyl halides is 3. The predicted octanol–water partition coefficient (Wildman–Crippen LogP) is 4.10. The number of thiazole rings is 1. The average Bonchev–Trinajstić information content (AvgIpc) is 3.29. The van der Waals surface area contributed by atoms with Crippen LogP contribution in [0.25, 0.3) is 20.8 Å². The molecule has 0 spiro atoms. The van der Waals surface area contributed by atoms with Crippen LogP contribution in [0.3, 0.4) is 0 Å². The minimum absolute atomic E-state index is 0.147. The van der Waals surface area contributed by atoms with Crippen molar-refractivity contribution >= 4 is 39.1 Å². The number of fused-ring (bicyclic) bond motifs is 1. The summed E-state index contributed by atoms with van der Waals surface area (Å²) in [5, 5.41) is 16.3. The molecule has 7 nitrogen and oxygen atoms in total. The van der Waals surface area contributed by atoms with Gasteiger partial charge >= 0.3 is 6.18 Å². The predicted molar refractivity (Wildman–Crippen MR) is 117 cm³/mol. The van der Waals surface area contributed by atoms with Gasteiger partial charge in [-0.3, -0.25) is 4.79 Å². The highest BCUT2D eigenvalue weighted by molar-refractivity contribution is 7.21. The summed E-state index contributed by atoms with van der Waals surface area (Å²) < 4.78 is 39.0. The number of ketones is 1. The smallest absolute Gasteiger partial charge is 0.387 e. The van der Waals surface area contributed by atoms with Gasteiger partial charge in [-0.25, -0.2) is 9.97 Å². The SMILES string of the molecule is CC(=O)C1=C[C@@H](O)[C@H](Nc2nc(NCC(F)(F)F)nc(C)c2-c2nc3ccccc3s2)C1. The fourth-order valence-electron chi connectivity index (χ4n) is 3.49. The van der Waals surface area contributed by atoms with Gasteiger partial charge in [0.2, 0.25) is 5.95 Å². The Balaban J connectivity index is 1.73. The molecule has 0 unspecified atom stereocenters. The fraction of sp³-hybridized carbons (Fsp3) is 0.333. The van der Waals surface area contributed by atoms with E-state index in [0.29, 0.717) is 21.8 Å². The summed E-state index contributed by atoms with van der Waals surface area (Å²) in [7, 11) is 0. The largest absolute Gasteiger partial charge is 0.405 e. The second-order valence-electron chi connectivity index (χ2n) is 7.51. The molecule has 168 valence electrons. The third-order valence-corrected chi connectivity index (χ3v) is 6.10. The van der Waals surface area contributed by atoms with Crippen LogP contribution in [0.2, 0.25) is 0 Å². The summed E-state index contributed by atoms with van der Waals surface area (Å²) in [6.07, 6.45) is -3.63. The number of anilines is 2. The molecular formula is C21H20F3N5O2S. The number of hydrogen-bond acceptors (Lipinski definition) is 8. The van der Waals surface area contributed by atoms with E-state index >= 15 is 0 Å². The van der Waals surface area contributed by atoms with Crippen molar-refractivity contribution in [1.29, 1.82) is 0 Å². The number of nitrogens with one attached hydrogen (secondary N) is 2. The molecule has 2 aromatic heterocycles. The van der Waals surface area contributed by atoms with Gasteiger partial charge < -0.3 is 15.7 Å². The van der Waals surface area contributed by atoms with Crippen LogP contribution in [-0.2, 0) is 4.79 Å². The first-order valence-electron chi connectivity index (χ1n) is 9.82. The number of nitrogens with zero attached hydrogens (tertiary/aromatic N) is 3. The lowest BCUT2D eigenvalue weighted by atomic mass is 10.1. The highest BCUT2D eigenvalue weighted by atomic mass is 32.1. The Kier molecular flexibility index (Phi) is 5.87. The zero-order valence-corrected chi connectivity index (χ0v) is 18.0. The van der Waals surface area contributed by atoms with Gasteiger partial charge in [0.1, 0.15) is 17.4 Å². The molecule has 3 aromatic rings. The number of Topliss-reactive ketones (excluding diaryl/α,β-unsaturated/α-hetero) is 1. The van der Waals surface area contributed by atoms with Crippen LogP contribution < -0.4 is 10.6 Å². The van der Waals surface area contributed by atoms with E-state index in [1.165, 1.54) is 24.3 Å². The lowest BCUT2D eigenvalue weighted by Crippen LogP contribution is -2.30. The molecule has 11 heteroatoms. The first-order chi connectivity index (χ1) is 15.1. The topological polar surface area (TPSA) is 100 Å². The maximum absolute atomic E-state index is 12.7. The first-order valence-corrected chi connectivity index (χ1v) is 10.6. The molecule has 0 amide bonds. The molecule has 0 aliphatic heterocycles. The highest BCUT2D eigenvalue weighted by Crippen LogP contribution is 2.37. The summed E-state index contributed by atoms with van der Waals surface area (Å²) in [5.74, 6) is -0.103. The number of aromatic nitrogens is 3. The zero-order valence-electron chi connectivity index (χ0n) is 17.2. The van der Waals surface area contributed by atoms with Crippen molar-refractivity contribution in [2.75, 3.05) is 17.2 Å². The number of rotatable bonds is 6. The Bertz CT molecular complexity index is 1170. The van der Waals surface area contributed by atoms with Crippen LogP contribution in [-0.4, -0.2) is 50.7 Å². The molecule has 1 aliphatic carbocycles. The lowest BCUT2D eigenvalue weighted by molar-refractivity contribution is -0.115. The normalized spacial score (nSPS) is 18.6. The summed E-state index contributed by atoms with van der Waals surface area (Å²) in [5.41, 5.74) is 2.22. The van der Waals surface area contributed by atoms with Crippen LogP contribution in [0.15, 0.2) is 35.9 Å². The molecule has 3 N–H and O–H groups in total. The van der Waals surface area contributed by atoms with Crippen molar-refractivity contribution < 1.29 is 23.1 Å². The molecule has 32 heavy (non-hydrogen) atoms. The van der Waals surface area contributed by atoms with Gasteiger partial charge in [-0.15, -0.1) is 11.3 Å². The summed E-state index contributed by atoms with van der Waals surface area (Å²) in [4.78, 5) is 24.8. The van der Waals surface area contributed by atoms with Gasteiger partial charge in [0, 0.05) is 0 Å². The second kappa shape index (κ2) is 8.47. The van der Waals surface area contributed by atoms with E-state index in [0.717, 1.165) is 10.2 Å². The molecule has 0 saturated heterocycles. The minimum Gasteiger partial charge on any atom is -0.387 e. The van der Waals surface area contributed by atoms with Crippen molar-refractivity contribution in [2.45, 2.75) is 38.6 Å². The average molecular weight is 463 g/mol. The van der Waals surface area contributed by atoms with Gasteiger partial charge in [-0.2, -0.15) is 18.2 Å². The van der Waals surface area contributed by atoms with Gasteiger partial charge in [0.05, 0.1) is 33.6 Å². The molecule has 1 aliphatic rings. The third kappa shape index (κ3) is 4.73.